The first-order valence-electron chi connectivity index (χ1n) is 10.6. The Balaban J connectivity index is 1.49. The van der Waals surface area contributed by atoms with Gasteiger partial charge in [-0.05, 0) is 49.6 Å². The monoisotopic (exact) mass is 444 g/mol. The van der Waals surface area contributed by atoms with Gasteiger partial charge < -0.3 is 19.3 Å². The molecule has 8 heteroatoms. The third-order valence-corrected chi connectivity index (χ3v) is 6.48. The maximum atomic E-state index is 14.1. The molecule has 0 aliphatic carbocycles. The second kappa shape index (κ2) is 8.76. The van der Waals surface area contributed by atoms with Gasteiger partial charge in [-0.25, -0.2) is 8.78 Å². The lowest BCUT2D eigenvalue weighted by Crippen LogP contribution is -2.48. The van der Waals surface area contributed by atoms with Crippen LogP contribution in [0.4, 0.5) is 8.78 Å². The quantitative estimate of drug-likeness (QED) is 0.721. The first-order chi connectivity index (χ1) is 15.4. The molecule has 170 valence electrons. The molecule has 0 aromatic heterocycles. The molecule has 0 radical (unpaired) electrons. The summed E-state index contributed by atoms with van der Waals surface area (Å²) in [5.74, 6) is -1.44. The molecular formula is C24H26F2N2O4. The molecule has 0 N–H and O–H groups in total. The SMILES string of the molecule is COc1ccc(C(=O)N2CCC3(CCCN(C(=O)c4c(F)cccc4F)C3)C2)cc1OC. The third-order valence-electron chi connectivity index (χ3n) is 6.48. The van der Waals surface area contributed by atoms with Crippen LogP contribution in [0, 0.1) is 17.0 Å². The van der Waals surface area contributed by atoms with Crippen molar-refractivity contribution in [1.29, 1.82) is 0 Å². The van der Waals surface area contributed by atoms with Crippen molar-refractivity contribution in [3.8, 4) is 11.5 Å². The Hall–Kier alpha value is -3.16. The molecule has 1 atom stereocenters. The number of rotatable bonds is 4. The highest BCUT2D eigenvalue weighted by Crippen LogP contribution is 2.40. The highest BCUT2D eigenvalue weighted by Gasteiger charge is 2.44. The minimum Gasteiger partial charge on any atom is -0.493 e. The van der Waals surface area contributed by atoms with E-state index in [-0.39, 0.29) is 11.3 Å². The smallest absolute Gasteiger partial charge is 0.259 e. The van der Waals surface area contributed by atoms with Crippen LogP contribution < -0.4 is 9.47 Å². The number of nitrogens with zero attached hydrogens (tertiary/aromatic N) is 2. The average molecular weight is 444 g/mol. The highest BCUT2D eigenvalue weighted by molar-refractivity contribution is 5.96. The number of amides is 2. The Morgan fingerprint density at radius 3 is 2.19 bits per heavy atom. The number of benzene rings is 2. The molecule has 2 aromatic rings. The van der Waals surface area contributed by atoms with Crippen LogP contribution >= 0.6 is 0 Å². The number of piperidine rings is 1. The summed E-state index contributed by atoms with van der Waals surface area (Å²) < 4.78 is 38.8. The van der Waals surface area contributed by atoms with Crippen molar-refractivity contribution >= 4 is 11.8 Å². The second-order valence-corrected chi connectivity index (χ2v) is 8.47. The summed E-state index contributed by atoms with van der Waals surface area (Å²) in [7, 11) is 3.05. The van der Waals surface area contributed by atoms with E-state index >= 15 is 0 Å². The van der Waals surface area contributed by atoms with Crippen molar-refractivity contribution in [2.24, 2.45) is 5.41 Å². The molecule has 1 unspecified atom stereocenters. The zero-order valence-corrected chi connectivity index (χ0v) is 18.2. The van der Waals surface area contributed by atoms with Crippen LogP contribution in [0.3, 0.4) is 0 Å². The van der Waals surface area contributed by atoms with Gasteiger partial charge in [0.1, 0.15) is 17.2 Å². The molecule has 2 aliphatic heterocycles. The summed E-state index contributed by atoms with van der Waals surface area (Å²) in [6.45, 7) is 1.86. The number of methoxy groups -OCH3 is 2. The number of carbonyl (C=O) groups excluding carboxylic acids is 2. The number of hydrogen-bond donors (Lipinski definition) is 0. The molecule has 2 aliphatic rings. The summed E-state index contributed by atoms with van der Waals surface area (Å²) in [5.41, 5.74) is -0.292. The lowest BCUT2D eigenvalue weighted by atomic mass is 9.79. The van der Waals surface area contributed by atoms with Crippen LogP contribution in [0.5, 0.6) is 11.5 Å². The molecule has 32 heavy (non-hydrogen) atoms. The maximum absolute atomic E-state index is 14.1. The zero-order chi connectivity index (χ0) is 22.9. The first kappa shape index (κ1) is 22.0. The standard InChI is InChI=1S/C24H26F2N2O4/c1-31-19-8-7-16(13-20(19)32-2)22(29)28-12-10-24(15-28)9-4-11-27(14-24)23(30)21-17(25)5-3-6-18(21)26/h3,5-8,13H,4,9-12,14-15H2,1-2H3. The van der Waals surface area contributed by atoms with Gasteiger partial charge in [-0.15, -0.1) is 0 Å². The zero-order valence-electron chi connectivity index (χ0n) is 18.2. The van der Waals surface area contributed by atoms with E-state index < -0.39 is 23.1 Å². The predicted octanol–water partition coefficient (Wildman–Crippen LogP) is 3.75. The van der Waals surface area contributed by atoms with E-state index in [1.54, 1.807) is 23.1 Å². The van der Waals surface area contributed by atoms with Crippen LogP contribution in [-0.4, -0.2) is 62.0 Å². The fourth-order valence-electron chi connectivity index (χ4n) is 4.83. The largest absolute Gasteiger partial charge is 0.493 e. The topological polar surface area (TPSA) is 59.1 Å². The van der Waals surface area contributed by atoms with Crippen molar-refractivity contribution in [2.75, 3.05) is 40.4 Å². The number of carbonyl (C=O) groups is 2. The van der Waals surface area contributed by atoms with Crippen LogP contribution in [-0.2, 0) is 0 Å². The normalized spacial score (nSPS) is 20.5. The van der Waals surface area contributed by atoms with Gasteiger partial charge in [0.15, 0.2) is 11.5 Å². The van der Waals surface area contributed by atoms with E-state index in [0.29, 0.717) is 43.2 Å². The summed E-state index contributed by atoms with van der Waals surface area (Å²) in [5, 5.41) is 0. The van der Waals surface area contributed by atoms with E-state index in [9.17, 15) is 18.4 Å². The van der Waals surface area contributed by atoms with Crippen molar-refractivity contribution < 1.29 is 27.8 Å². The van der Waals surface area contributed by atoms with Crippen LogP contribution in [0.2, 0.25) is 0 Å². The Morgan fingerprint density at radius 1 is 0.875 bits per heavy atom. The second-order valence-electron chi connectivity index (χ2n) is 8.47. The number of hydrogen-bond acceptors (Lipinski definition) is 4. The van der Waals surface area contributed by atoms with E-state index in [1.165, 1.54) is 25.2 Å². The van der Waals surface area contributed by atoms with Crippen molar-refractivity contribution in [3.05, 3.63) is 59.2 Å². The van der Waals surface area contributed by atoms with Gasteiger partial charge in [-0.1, -0.05) is 6.07 Å². The van der Waals surface area contributed by atoms with E-state index in [0.717, 1.165) is 31.4 Å². The third kappa shape index (κ3) is 4.01. The van der Waals surface area contributed by atoms with Crippen molar-refractivity contribution in [2.45, 2.75) is 19.3 Å². The number of halogens is 2. The van der Waals surface area contributed by atoms with Gasteiger partial charge in [-0.3, -0.25) is 9.59 Å². The van der Waals surface area contributed by atoms with Crippen molar-refractivity contribution in [3.63, 3.8) is 0 Å². The van der Waals surface area contributed by atoms with Gasteiger partial charge in [0, 0.05) is 37.2 Å². The predicted molar refractivity (Wildman–Crippen MR) is 114 cm³/mol. The summed E-state index contributed by atoms with van der Waals surface area (Å²) in [6, 6.07) is 8.48. The number of likely N-dealkylation sites (tertiary alicyclic amines) is 2. The van der Waals surface area contributed by atoms with Gasteiger partial charge in [0.2, 0.25) is 0 Å². The molecule has 1 spiro atoms. The molecule has 6 nitrogen and oxygen atoms in total. The van der Waals surface area contributed by atoms with Gasteiger partial charge in [0.25, 0.3) is 11.8 Å². The molecule has 0 saturated carbocycles. The van der Waals surface area contributed by atoms with Gasteiger partial charge >= 0.3 is 0 Å². The molecular weight excluding hydrogens is 418 g/mol. The van der Waals surface area contributed by atoms with Gasteiger partial charge in [0.05, 0.1) is 14.2 Å². The maximum Gasteiger partial charge on any atom is 0.259 e. The average Bonchev–Trinajstić information content (AvgIpc) is 3.20. The minimum absolute atomic E-state index is 0.119. The minimum atomic E-state index is -0.855. The number of ether oxygens (including phenoxy) is 2. The highest BCUT2D eigenvalue weighted by atomic mass is 19.1. The van der Waals surface area contributed by atoms with E-state index in [4.69, 9.17) is 9.47 Å². The molecule has 0 bridgehead atoms. The fourth-order valence-corrected chi connectivity index (χ4v) is 4.83. The van der Waals surface area contributed by atoms with Crippen LogP contribution in [0.1, 0.15) is 40.0 Å². The molecule has 2 amide bonds. The Kier molecular flexibility index (Phi) is 6.04. The van der Waals surface area contributed by atoms with Crippen LogP contribution in [0.15, 0.2) is 36.4 Å². The Bertz CT molecular complexity index is 1020. The summed E-state index contributed by atoms with van der Waals surface area (Å²) in [6.07, 6.45) is 2.31. The van der Waals surface area contributed by atoms with Crippen molar-refractivity contribution in [1.82, 2.24) is 9.80 Å². The lowest BCUT2D eigenvalue weighted by Gasteiger charge is -2.40. The fraction of sp³-hybridized carbons (Fsp3) is 0.417. The first-order valence-corrected chi connectivity index (χ1v) is 10.6. The van der Waals surface area contributed by atoms with E-state index in [1.807, 2.05) is 0 Å². The van der Waals surface area contributed by atoms with E-state index in [2.05, 4.69) is 0 Å². The molecule has 4 rings (SSSR count). The molecule has 2 fully saturated rings. The Labute approximate surface area is 185 Å². The lowest BCUT2D eigenvalue weighted by molar-refractivity contribution is 0.0508. The van der Waals surface area contributed by atoms with Gasteiger partial charge in [-0.2, -0.15) is 0 Å². The molecule has 2 saturated heterocycles. The Morgan fingerprint density at radius 2 is 1.53 bits per heavy atom. The van der Waals surface area contributed by atoms with Crippen LogP contribution in [0.25, 0.3) is 0 Å². The summed E-state index contributed by atoms with van der Waals surface area (Å²) in [4.78, 5) is 29.3. The molecule has 2 aromatic carbocycles. The summed E-state index contributed by atoms with van der Waals surface area (Å²) >= 11 is 0. The molecule has 2 heterocycles.